The van der Waals surface area contributed by atoms with Crippen molar-refractivity contribution in [3.8, 4) is 0 Å². The van der Waals surface area contributed by atoms with E-state index in [0.717, 1.165) is 53.5 Å². The Hall–Kier alpha value is -3.58. The van der Waals surface area contributed by atoms with Gasteiger partial charge in [0.1, 0.15) is 6.61 Å². The van der Waals surface area contributed by atoms with Gasteiger partial charge in [-0.1, -0.05) is 36.4 Å². The molecule has 2 heterocycles. The van der Waals surface area contributed by atoms with E-state index < -0.39 is 0 Å². The number of ether oxygens (including phenoxy) is 1. The molecule has 6 nitrogen and oxygen atoms in total. The summed E-state index contributed by atoms with van der Waals surface area (Å²) in [5, 5.41) is 3.20. The second kappa shape index (κ2) is 9.11. The van der Waals surface area contributed by atoms with Crippen LogP contribution >= 0.6 is 11.3 Å². The predicted octanol–water partition coefficient (Wildman–Crippen LogP) is 5.61. The lowest BCUT2D eigenvalue weighted by Gasteiger charge is -2.20. The smallest absolute Gasteiger partial charge is 0.339 e. The van der Waals surface area contributed by atoms with Crippen LogP contribution in [0.5, 0.6) is 0 Å². The third-order valence-corrected chi connectivity index (χ3v) is 6.66. The van der Waals surface area contributed by atoms with Crippen LogP contribution in [-0.2, 0) is 29.0 Å². The summed E-state index contributed by atoms with van der Waals surface area (Å²) in [4.78, 5) is 36.4. The summed E-state index contributed by atoms with van der Waals surface area (Å²) in [6, 6.07) is 17.1. The van der Waals surface area contributed by atoms with Crippen molar-refractivity contribution in [2.24, 2.45) is 0 Å². The fourth-order valence-corrected chi connectivity index (χ4v) is 5.16. The number of benzene rings is 2. The molecule has 0 unspecified atom stereocenters. The number of hydrogen-bond donors (Lipinski definition) is 0. The van der Waals surface area contributed by atoms with E-state index in [1.165, 1.54) is 18.3 Å². The lowest BCUT2D eigenvalue weighted by molar-refractivity contribution is -0.115. The highest BCUT2D eigenvalue weighted by Crippen LogP contribution is 2.31. The summed E-state index contributed by atoms with van der Waals surface area (Å²) in [6.07, 6.45) is 3.85. The van der Waals surface area contributed by atoms with Crippen molar-refractivity contribution < 1.29 is 14.3 Å². The fraction of sp³-hybridized carbons (Fsp3) is 0.231. The largest absolute Gasteiger partial charge is 0.456 e. The number of fused-ring (bicyclic) bond motifs is 2. The van der Waals surface area contributed by atoms with Gasteiger partial charge in [-0.3, -0.25) is 14.7 Å². The highest BCUT2D eigenvalue weighted by molar-refractivity contribution is 7.14. The number of para-hydroxylation sites is 2. The highest BCUT2D eigenvalue weighted by atomic mass is 32.1. The number of thiazole rings is 1. The molecule has 4 aromatic rings. The van der Waals surface area contributed by atoms with E-state index >= 15 is 0 Å². The van der Waals surface area contributed by atoms with Crippen LogP contribution in [-0.4, -0.2) is 21.8 Å². The number of hydrogen-bond acceptors (Lipinski definition) is 6. The standard InChI is InChI=1S/C26H23N3O3S/c1-17(30)29(19-9-3-2-4-10-19)26-27-18(16-33-26)15-32-25(31)24-20-11-5-7-13-22(20)28-23-14-8-6-12-21(23)24/h2-5,7,9-11,13,16H,6,8,12,14-15H2,1H3. The molecule has 0 atom stereocenters. The van der Waals surface area contributed by atoms with E-state index in [4.69, 9.17) is 9.72 Å². The molecule has 2 aromatic heterocycles. The van der Waals surface area contributed by atoms with Gasteiger partial charge in [-0.05, 0) is 49.4 Å². The van der Waals surface area contributed by atoms with Crippen LogP contribution in [0.15, 0.2) is 60.0 Å². The Morgan fingerprint density at radius 3 is 2.58 bits per heavy atom. The molecule has 0 fully saturated rings. The van der Waals surface area contributed by atoms with Gasteiger partial charge in [-0.15, -0.1) is 11.3 Å². The van der Waals surface area contributed by atoms with Gasteiger partial charge in [0.2, 0.25) is 5.91 Å². The van der Waals surface area contributed by atoms with Gasteiger partial charge >= 0.3 is 5.97 Å². The van der Waals surface area contributed by atoms with E-state index in [-0.39, 0.29) is 18.5 Å². The molecule has 0 saturated heterocycles. The van der Waals surface area contributed by atoms with Crippen molar-refractivity contribution in [2.45, 2.75) is 39.2 Å². The highest BCUT2D eigenvalue weighted by Gasteiger charge is 2.24. The number of carbonyl (C=O) groups excluding carboxylic acids is 2. The van der Waals surface area contributed by atoms with Gasteiger partial charge in [-0.25, -0.2) is 9.78 Å². The Morgan fingerprint density at radius 2 is 1.76 bits per heavy atom. The number of amides is 1. The van der Waals surface area contributed by atoms with Crippen LogP contribution in [0, 0.1) is 0 Å². The first kappa shape index (κ1) is 21.3. The second-order valence-corrected chi connectivity index (χ2v) is 8.86. The Bertz CT molecular complexity index is 1330. The van der Waals surface area contributed by atoms with Crippen LogP contribution in [0.25, 0.3) is 10.9 Å². The van der Waals surface area contributed by atoms with Crippen LogP contribution in [0.1, 0.15) is 47.1 Å². The molecule has 166 valence electrons. The van der Waals surface area contributed by atoms with Gasteiger partial charge < -0.3 is 4.74 Å². The Morgan fingerprint density at radius 1 is 1.00 bits per heavy atom. The summed E-state index contributed by atoms with van der Waals surface area (Å²) >= 11 is 1.35. The van der Waals surface area contributed by atoms with Gasteiger partial charge in [-0.2, -0.15) is 0 Å². The maximum absolute atomic E-state index is 13.2. The second-order valence-electron chi connectivity index (χ2n) is 8.02. The maximum atomic E-state index is 13.2. The van der Waals surface area contributed by atoms with Crippen LogP contribution in [0.3, 0.4) is 0 Å². The first-order chi connectivity index (χ1) is 16.1. The predicted molar refractivity (Wildman–Crippen MR) is 129 cm³/mol. The topological polar surface area (TPSA) is 72.4 Å². The third kappa shape index (κ3) is 4.24. The zero-order valence-corrected chi connectivity index (χ0v) is 19.1. The summed E-state index contributed by atoms with van der Waals surface area (Å²) in [5.74, 6) is -0.484. The zero-order valence-electron chi connectivity index (χ0n) is 18.3. The number of nitrogens with zero attached hydrogens (tertiary/aromatic N) is 3. The number of esters is 1. The lowest BCUT2D eigenvalue weighted by atomic mass is 9.90. The number of rotatable bonds is 5. The quantitative estimate of drug-likeness (QED) is 0.364. The van der Waals surface area contributed by atoms with Crippen molar-refractivity contribution in [3.05, 3.63) is 82.5 Å². The van der Waals surface area contributed by atoms with E-state index in [0.29, 0.717) is 16.4 Å². The van der Waals surface area contributed by atoms with Crippen molar-refractivity contribution in [2.75, 3.05) is 4.90 Å². The summed E-state index contributed by atoms with van der Waals surface area (Å²) in [6.45, 7) is 1.55. The lowest BCUT2D eigenvalue weighted by Crippen LogP contribution is -2.22. The fourth-order valence-electron chi connectivity index (χ4n) is 4.29. The van der Waals surface area contributed by atoms with E-state index in [1.807, 2.05) is 60.0 Å². The van der Waals surface area contributed by atoms with Gasteiger partial charge in [0, 0.05) is 23.4 Å². The molecule has 7 heteroatoms. The average molecular weight is 458 g/mol. The molecule has 0 aliphatic heterocycles. The van der Waals surface area contributed by atoms with E-state index in [2.05, 4.69) is 4.98 Å². The molecule has 0 N–H and O–H groups in total. The van der Waals surface area contributed by atoms with Crippen molar-refractivity contribution >= 4 is 44.9 Å². The zero-order chi connectivity index (χ0) is 22.8. The molecule has 0 saturated carbocycles. The Labute approximate surface area is 195 Å². The van der Waals surface area contributed by atoms with Crippen molar-refractivity contribution in [1.82, 2.24) is 9.97 Å². The molecule has 1 aliphatic carbocycles. The molecule has 2 aromatic carbocycles. The van der Waals surface area contributed by atoms with Crippen molar-refractivity contribution in [1.29, 1.82) is 0 Å². The Kier molecular flexibility index (Phi) is 5.88. The molecule has 1 aliphatic rings. The monoisotopic (exact) mass is 457 g/mol. The molecule has 1 amide bonds. The molecule has 0 spiro atoms. The normalized spacial score (nSPS) is 12.9. The van der Waals surface area contributed by atoms with E-state index in [1.54, 1.807) is 4.90 Å². The van der Waals surface area contributed by atoms with Gasteiger partial charge in [0.05, 0.1) is 22.5 Å². The SMILES string of the molecule is CC(=O)N(c1ccccc1)c1nc(COC(=O)c2c3c(nc4ccccc24)CCCC3)cs1. The number of anilines is 2. The molecular weight excluding hydrogens is 434 g/mol. The molecular formula is C26H23N3O3S. The number of carbonyl (C=O) groups is 2. The Balaban J connectivity index is 1.39. The molecule has 33 heavy (non-hydrogen) atoms. The number of aromatic nitrogens is 2. The maximum Gasteiger partial charge on any atom is 0.339 e. The average Bonchev–Trinajstić information content (AvgIpc) is 3.30. The van der Waals surface area contributed by atoms with Crippen molar-refractivity contribution in [3.63, 3.8) is 0 Å². The van der Waals surface area contributed by atoms with Crippen LogP contribution in [0.4, 0.5) is 10.8 Å². The summed E-state index contributed by atoms with van der Waals surface area (Å²) in [7, 11) is 0. The van der Waals surface area contributed by atoms with Gasteiger partial charge in [0.25, 0.3) is 0 Å². The first-order valence-corrected chi connectivity index (χ1v) is 11.9. The summed E-state index contributed by atoms with van der Waals surface area (Å²) < 4.78 is 5.72. The van der Waals surface area contributed by atoms with Gasteiger partial charge in [0.15, 0.2) is 5.13 Å². The minimum absolute atomic E-state index is 0.0429. The third-order valence-electron chi connectivity index (χ3n) is 5.78. The molecule has 0 bridgehead atoms. The minimum atomic E-state index is -0.354. The van der Waals surface area contributed by atoms with Crippen LogP contribution in [0.2, 0.25) is 0 Å². The first-order valence-electron chi connectivity index (χ1n) is 11.0. The summed E-state index contributed by atoms with van der Waals surface area (Å²) in [5.41, 5.74) is 4.82. The van der Waals surface area contributed by atoms with E-state index in [9.17, 15) is 9.59 Å². The number of pyridine rings is 1. The van der Waals surface area contributed by atoms with Crippen LogP contribution < -0.4 is 4.90 Å². The molecule has 0 radical (unpaired) electrons. The minimum Gasteiger partial charge on any atom is -0.456 e. The number of aryl methyl sites for hydroxylation is 1. The molecule has 5 rings (SSSR count).